The summed E-state index contributed by atoms with van der Waals surface area (Å²) in [4.78, 5) is 28.9. The van der Waals surface area contributed by atoms with Crippen LogP contribution in [0.4, 0.5) is 0 Å². The summed E-state index contributed by atoms with van der Waals surface area (Å²) < 4.78 is 7.97. The van der Waals surface area contributed by atoms with Crippen molar-refractivity contribution >= 4 is 39.4 Å². The van der Waals surface area contributed by atoms with Gasteiger partial charge in [-0.3, -0.25) is 4.79 Å². The predicted molar refractivity (Wildman–Crippen MR) is 107 cm³/mol. The van der Waals surface area contributed by atoms with Gasteiger partial charge in [0.15, 0.2) is 4.96 Å². The van der Waals surface area contributed by atoms with Crippen molar-refractivity contribution in [1.29, 1.82) is 0 Å². The highest BCUT2D eigenvalue weighted by Gasteiger charge is 2.11. The van der Waals surface area contributed by atoms with Crippen LogP contribution in [-0.2, 0) is 0 Å². The number of carboxylic acids is 1. The van der Waals surface area contributed by atoms with Gasteiger partial charge in [0.1, 0.15) is 16.1 Å². The number of aromatic carboxylic acids is 1. The molecule has 0 saturated heterocycles. The van der Waals surface area contributed by atoms with Gasteiger partial charge >= 0.3 is 5.97 Å². The molecular formula is C21H12N2O4S. The third kappa shape index (κ3) is 2.60. The molecule has 7 heteroatoms. The molecule has 5 rings (SSSR count). The topological polar surface area (TPSA) is 84.8 Å². The van der Waals surface area contributed by atoms with E-state index < -0.39 is 5.97 Å². The van der Waals surface area contributed by atoms with E-state index in [1.807, 2.05) is 24.3 Å². The summed E-state index contributed by atoms with van der Waals surface area (Å²) in [6.07, 6.45) is 1.70. The first-order chi connectivity index (χ1) is 13.6. The molecule has 0 radical (unpaired) electrons. The van der Waals surface area contributed by atoms with Gasteiger partial charge < -0.3 is 9.52 Å². The summed E-state index contributed by atoms with van der Waals surface area (Å²) in [5.41, 5.74) is 2.43. The zero-order valence-electron chi connectivity index (χ0n) is 14.3. The number of hydrogen-bond acceptors (Lipinski definition) is 5. The SMILES string of the molecule is O=C(O)c1ccc(-c2ccc(C=c3sc4nc5ccccc5n4c3=O)o2)cc1. The van der Waals surface area contributed by atoms with Gasteiger partial charge in [-0.25, -0.2) is 14.2 Å². The van der Waals surface area contributed by atoms with Gasteiger partial charge in [0.05, 0.1) is 16.6 Å². The molecule has 0 bridgehead atoms. The first-order valence-corrected chi connectivity index (χ1v) is 9.27. The molecule has 0 unspecified atom stereocenters. The second-order valence-electron chi connectivity index (χ2n) is 6.22. The van der Waals surface area contributed by atoms with Crippen molar-refractivity contribution in [2.45, 2.75) is 0 Å². The fraction of sp³-hybridized carbons (Fsp3) is 0. The first-order valence-electron chi connectivity index (χ1n) is 8.45. The van der Waals surface area contributed by atoms with Crippen molar-refractivity contribution in [3.05, 3.63) is 86.9 Å². The Balaban J connectivity index is 1.56. The summed E-state index contributed by atoms with van der Waals surface area (Å²) in [5.74, 6) is 0.170. The molecule has 3 aromatic heterocycles. The standard InChI is InChI=1S/C21H12N2O4S/c24-19-18(28-21-22-15-3-1-2-4-16(15)23(19)21)11-14-9-10-17(27-14)12-5-7-13(8-6-12)20(25)26/h1-11H,(H,25,26). The van der Waals surface area contributed by atoms with E-state index in [1.165, 1.54) is 23.5 Å². The number of furan rings is 1. The Hall–Kier alpha value is -3.71. The summed E-state index contributed by atoms with van der Waals surface area (Å²) in [6.45, 7) is 0. The third-order valence-corrected chi connectivity index (χ3v) is 5.43. The summed E-state index contributed by atoms with van der Waals surface area (Å²) in [6, 6.07) is 17.5. The molecule has 0 amide bonds. The van der Waals surface area contributed by atoms with Crippen molar-refractivity contribution in [2.75, 3.05) is 0 Å². The van der Waals surface area contributed by atoms with Gasteiger partial charge in [0.2, 0.25) is 0 Å². The van der Waals surface area contributed by atoms with Gasteiger partial charge in [-0.15, -0.1) is 0 Å². The first kappa shape index (κ1) is 16.5. The number of carbonyl (C=O) groups is 1. The van der Waals surface area contributed by atoms with E-state index in [4.69, 9.17) is 9.52 Å². The molecule has 0 aliphatic carbocycles. The number of thiazole rings is 1. The molecular weight excluding hydrogens is 376 g/mol. The third-order valence-electron chi connectivity index (χ3n) is 4.46. The molecule has 0 fully saturated rings. The van der Waals surface area contributed by atoms with Gasteiger partial charge in [0.25, 0.3) is 5.56 Å². The number of aromatic nitrogens is 2. The molecule has 5 aromatic rings. The van der Waals surface area contributed by atoms with Crippen LogP contribution in [0.1, 0.15) is 16.1 Å². The van der Waals surface area contributed by atoms with E-state index in [0.717, 1.165) is 16.6 Å². The zero-order valence-corrected chi connectivity index (χ0v) is 15.1. The van der Waals surface area contributed by atoms with Crippen molar-refractivity contribution in [2.24, 2.45) is 0 Å². The Labute approximate surface area is 161 Å². The number of benzene rings is 2. The monoisotopic (exact) mass is 388 g/mol. The van der Waals surface area contributed by atoms with Crippen molar-refractivity contribution in [3.63, 3.8) is 0 Å². The van der Waals surface area contributed by atoms with E-state index in [1.54, 1.807) is 34.7 Å². The minimum absolute atomic E-state index is 0.127. The van der Waals surface area contributed by atoms with E-state index in [0.29, 0.717) is 21.0 Å². The minimum Gasteiger partial charge on any atom is -0.478 e. The highest BCUT2D eigenvalue weighted by molar-refractivity contribution is 7.15. The van der Waals surface area contributed by atoms with Gasteiger partial charge in [-0.05, 0) is 36.4 Å². The second-order valence-corrected chi connectivity index (χ2v) is 7.23. The van der Waals surface area contributed by atoms with Gasteiger partial charge in [-0.1, -0.05) is 35.6 Å². The Morgan fingerprint density at radius 2 is 1.86 bits per heavy atom. The average Bonchev–Trinajstić information content (AvgIpc) is 3.38. The predicted octanol–water partition coefficient (Wildman–Crippen LogP) is 3.42. The van der Waals surface area contributed by atoms with Crippen LogP contribution >= 0.6 is 11.3 Å². The van der Waals surface area contributed by atoms with E-state index in [2.05, 4.69) is 4.98 Å². The Morgan fingerprint density at radius 1 is 1.07 bits per heavy atom. The van der Waals surface area contributed by atoms with Crippen LogP contribution in [0.5, 0.6) is 0 Å². The van der Waals surface area contributed by atoms with Crippen LogP contribution in [0.2, 0.25) is 0 Å². The molecule has 0 aliphatic heterocycles. The lowest BCUT2D eigenvalue weighted by Crippen LogP contribution is -2.22. The molecule has 0 saturated carbocycles. The quantitative estimate of drug-likeness (QED) is 0.512. The van der Waals surface area contributed by atoms with Crippen LogP contribution in [0, 0.1) is 0 Å². The molecule has 0 aliphatic rings. The smallest absolute Gasteiger partial charge is 0.335 e. The Morgan fingerprint density at radius 3 is 2.64 bits per heavy atom. The number of fused-ring (bicyclic) bond motifs is 3. The second kappa shape index (κ2) is 6.17. The number of carboxylic acid groups (broad SMARTS) is 1. The maximum absolute atomic E-state index is 12.8. The lowest BCUT2D eigenvalue weighted by atomic mass is 10.1. The summed E-state index contributed by atoms with van der Waals surface area (Å²) in [5, 5.41) is 8.98. The van der Waals surface area contributed by atoms with Crippen LogP contribution in [0.15, 0.2) is 69.9 Å². The fourth-order valence-corrected chi connectivity index (χ4v) is 4.07. The number of nitrogens with zero attached hydrogens (tertiary/aromatic N) is 2. The van der Waals surface area contributed by atoms with Gasteiger partial charge in [-0.2, -0.15) is 0 Å². The lowest BCUT2D eigenvalue weighted by Gasteiger charge is -1.98. The van der Waals surface area contributed by atoms with Crippen LogP contribution in [-0.4, -0.2) is 20.5 Å². The summed E-state index contributed by atoms with van der Waals surface area (Å²) >= 11 is 1.31. The van der Waals surface area contributed by atoms with E-state index in [9.17, 15) is 9.59 Å². The maximum Gasteiger partial charge on any atom is 0.335 e. The molecule has 0 atom stereocenters. The molecule has 28 heavy (non-hydrogen) atoms. The van der Waals surface area contributed by atoms with E-state index >= 15 is 0 Å². The molecule has 3 heterocycles. The Kier molecular flexibility index (Phi) is 3.63. The Bertz CT molecular complexity index is 1460. The van der Waals surface area contributed by atoms with Crippen molar-refractivity contribution in [1.82, 2.24) is 9.38 Å². The minimum atomic E-state index is -0.974. The number of imidazole rings is 1. The molecule has 6 nitrogen and oxygen atoms in total. The zero-order chi connectivity index (χ0) is 19.3. The van der Waals surface area contributed by atoms with Crippen molar-refractivity contribution in [3.8, 4) is 11.3 Å². The molecule has 2 aromatic carbocycles. The van der Waals surface area contributed by atoms with Crippen molar-refractivity contribution < 1.29 is 14.3 Å². The number of rotatable bonds is 3. The molecule has 1 N–H and O–H groups in total. The highest BCUT2D eigenvalue weighted by atomic mass is 32.1. The lowest BCUT2D eigenvalue weighted by molar-refractivity contribution is 0.0697. The van der Waals surface area contributed by atoms with Crippen LogP contribution in [0.3, 0.4) is 0 Å². The van der Waals surface area contributed by atoms with Crippen LogP contribution in [0.25, 0.3) is 33.4 Å². The van der Waals surface area contributed by atoms with E-state index in [-0.39, 0.29) is 11.1 Å². The normalized spacial score (nSPS) is 12.2. The van der Waals surface area contributed by atoms with Gasteiger partial charge in [0, 0.05) is 11.6 Å². The number of para-hydroxylation sites is 2. The number of hydrogen-bond donors (Lipinski definition) is 1. The van der Waals surface area contributed by atoms with Crippen LogP contribution < -0.4 is 10.1 Å². The average molecular weight is 388 g/mol. The molecule has 0 spiro atoms. The fourth-order valence-electron chi connectivity index (χ4n) is 3.10. The molecule has 136 valence electrons. The summed E-state index contributed by atoms with van der Waals surface area (Å²) in [7, 11) is 0. The highest BCUT2D eigenvalue weighted by Crippen LogP contribution is 2.23. The maximum atomic E-state index is 12.8. The largest absolute Gasteiger partial charge is 0.478 e.